The molecule has 0 aromatic heterocycles. The van der Waals surface area contributed by atoms with Crippen molar-refractivity contribution in [3.8, 4) is 0 Å². The number of carboxylic acids is 1. The SMILES string of the molecule is CCC[C@@H](NC(=O)N(CCO)CCO)C(=O)O. The van der Waals surface area contributed by atoms with E-state index in [2.05, 4.69) is 5.32 Å². The van der Waals surface area contributed by atoms with Gasteiger partial charge in [-0.1, -0.05) is 13.3 Å². The monoisotopic (exact) mass is 248 g/mol. The van der Waals surface area contributed by atoms with Gasteiger partial charge in [0.05, 0.1) is 13.2 Å². The molecule has 100 valence electrons. The van der Waals surface area contributed by atoms with Crippen molar-refractivity contribution >= 4 is 12.0 Å². The molecule has 0 spiro atoms. The molecule has 0 saturated heterocycles. The number of carbonyl (C=O) groups excluding carboxylic acids is 1. The Hall–Kier alpha value is -1.34. The van der Waals surface area contributed by atoms with E-state index in [1.807, 2.05) is 6.92 Å². The molecule has 0 saturated carbocycles. The Morgan fingerprint density at radius 3 is 2.12 bits per heavy atom. The van der Waals surface area contributed by atoms with Gasteiger partial charge < -0.3 is 25.5 Å². The van der Waals surface area contributed by atoms with Crippen molar-refractivity contribution in [2.24, 2.45) is 0 Å². The number of hydrogen-bond acceptors (Lipinski definition) is 4. The lowest BCUT2D eigenvalue weighted by Crippen LogP contribution is -2.49. The molecular weight excluding hydrogens is 228 g/mol. The van der Waals surface area contributed by atoms with E-state index in [1.54, 1.807) is 0 Å². The van der Waals surface area contributed by atoms with Crippen LogP contribution in [-0.2, 0) is 4.79 Å². The summed E-state index contributed by atoms with van der Waals surface area (Å²) in [6.45, 7) is 1.47. The quantitative estimate of drug-likeness (QED) is 0.451. The predicted molar refractivity (Wildman–Crippen MR) is 60.6 cm³/mol. The number of aliphatic hydroxyl groups excluding tert-OH is 2. The van der Waals surface area contributed by atoms with E-state index in [1.165, 1.54) is 4.90 Å². The summed E-state index contributed by atoms with van der Waals surface area (Å²) in [5, 5.41) is 28.7. The molecule has 1 atom stereocenters. The van der Waals surface area contributed by atoms with Crippen molar-refractivity contribution < 1.29 is 24.9 Å². The van der Waals surface area contributed by atoms with Crippen LogP contribution in [0.2, 0.25) is 0 Å². The minimum Gasteiger partial charge on any atom is -0.480 e. The number of amides is 2. The molecule has 0 radical (unpaired) electrons. The van der Waals surface area contributed by atoms with Gasteiger partial charge in [0, 0.05) is 13.1 Å². The van der Waals surface area contributed by atoms with Crippen LogP contribution < -0.4 is 5.32 Å². The van der Waals surface area contributed by atoms with Crippen LogP contribution in [-0.4, -0.2) is 64.6 Å². The second-order valence-electron chi connectivity index (χ2n) is 3.56. The van der Waals surface area contributed by atoms with Crippen LogP contribution in [0.15, 0.2) is 0 Å². The largest absolute Gasteiger partial charge is 0.480 e. The van der Waals surface area contributed by atoms with Gasteiger partial charge in [0.15, 0.2) is 0 Å². The summed E-state index contributed by atoms with van der Waals surface area (Å²) in [4.78, 5) is 23.6. The molecule has 0 unspecified atom stereocenters. The number of aliphatic carboxylic acids is 1. The summed E-state index contributed by atoms with van der Waals surface area (Å²) in [5.41, 5.74) is 0. The second-order valence-corrected chi connectivity index (χ2v) is 3.56. The molecule has 0 fully saturated rings. The third-order valence-corrected chi connectivity index (χ3v) is 2.20. The Morgan fingerprint density at radius 2 is 1.76 bits per heavy atom. The first-order valence-electron chi connectivity index (χ1n) is 5.56. The maximum atomic E-state index is 11.6. The van der Waals surface area contributed by atoms with E-state index < -0.39 is 18.0 Å². The maximum absolute atomic E-state index is 11.6. The molecule has 0 bridgehead atoms. The Labute approximate surface area is 100 Å². The fraction of sp³-hybridized carbons (Fsp3) is 0.800. The van der Waals surface area contributed by atoms with Gasteiger partial charge in [0.1, 0.15) is 6.04 Å². The summed E-state index contributed by atoms with van der Waals surface area (Å²) in [7, 11) is 0. The van der Waals surface area contributed by atoms with E-state index in [4.69, 9.17) is 15.3 Å². The van der Waals surface area contributed by atoms with Crippen LogP contribution in [0.4, 0.5) is 4.79 Å². The standard InChI is InChI=1S/C10H20N2O5/c1-2-3-8(9(15)16)11-10(17)12(4-6-13)5-7-14/h8,13-14H,2-7H2,1H3,(H,11,17)(H,15,16)/t8-/m1/s1. The first kappa shape index (κ1) is 15.7. The normalized spacial score (nSPS) is 11.9. The van der Waals surface area contributed by atoms with Crippen molar-refractivity contribution in [1.82, 2.24) is 10.2 Å². The van der Waals surface area contributed by atoms with Gasteiger partial charge in [-0.3, -0.25) is 0 Å². The molecule has 0 aliphatic rings. The van der Waals surface area contributed by atoms with E-state index in [9.17, 15) is 9.59 Å². The molecule has 7 nitrogen and oxygen atoms in total. The van der Waals surface area contributed by atoms with Crippen LogP contribution in [0.25, 0.3) is 0 Å². The number of nitrogens with zero attached hydrogens (tertiary/aromatic N) is 1. The van der Waals surface area contributed by atoms with Crippen LogP contribution in [0.5, 0.6) is 0 Å². The first-order valence-corrected chi connectivity index (χ1v) is 5.56. The summed E-state index contributed by atoms with van der Waals surface area (Å²) < 4.78 is 0. The van der Waals surface area contributed by atoms with E-state index >= 15 is 0 Å². The number of aliphatic hydroxyl groups is 2. The smallest absolute Gasteiger partial charge is 0.326 e. The van der Waals surface area contributed by atoms with E-state index in [0.717, 1.165) is 0 Å². The third kappa shape index (κ3) is 6.08. The van der Waals surface area contributed by atoms with Gasteiger partial charge in [-0.15, -0.1) is 0 Å². The van der Waals surface area contributed by atoms with Crippen molar-refractivity contribution in [1.29, 1.82) is 0 Å². The highest BCUT2D eigenvalue weighted by Gasteiger charge is 2.21. The Bertz CT molecular complexity index is 241. The third-order valence-electron chi connectivity index (χ3n) is 2.20. The lowest BCUT2D eigenvalue weighted by atomic mass is 10.2. The van der Waals surface area contributed by atoms with Crippen LogP contribution in [0.1, 0.15) is 19.8 Å². The van der Waals surface area contributed by atoms with Gasteiger partial charge >= 0.3 is 12.0 Å². The van der Waals surface area contributed by atoms with Crippen LogP contribution in [0.3, 0.4) is 0 Å². The van der Waals surface area contributed by atoms with Crippen LogP contribution >= 0.6 is 0 Å². The predicted octanol–water partition coefficient (Wildman–Crippen LogP) is -0.764. The van der Waals surface area contributed by atoms with Gasteiger partial charge in [-0.25, -0.2) is 9.59 Å². The lowest BCUT2D eigenvalue weighted by Gasteiger charge is -2.23. The summed E-state index contributed by atoms with van der Waals surface area (Å²) in [6.07, 6.45) is 0.977. The molecule has 0 aromatic carbocycles. The number of carboxylic acid groups (broad SMARTS) is 1. The van der Waals surface area contributed by atoms with Gasteiger partial charge in [-0.05, 0) is 6.42 Å². The molecule has 0 heterocycles. The molecule has 17 heavy (non-hydrogen) atoms. The zero-order valence-corrected chi connectivity index (χ0v) is 9.93. The lowest BCUT2D eigenvalue weighted by molar-refractivity contribution is -0.139. The van der Waals surface area contributed by atoms with Gasteiger partial charge in [0.25, 0.3) is 0 Å². The highest BCUT2D eigenvalue weighted by molar-refractivity contribution is 5.82. The Kier molecular flexibility index (Phi) is 8.08. The fourth-order valence-corrected chi connectivity index (χ4v) is 1.34. The molecular formula is C10H20N2O5. The number of hydrogen-bond donors (Lipinski definition) is 4. The van der Waals surface area contributed by atoms with Crippen LogP contribution in [0, 0.1) is 0 Å². The Balaban J connectivity index is 4.38. The topological polar surface area (TPSA) is 110 Å². The average molecular weight is 248 g/mol. The zero-order valence-electron chi connectivity index (χ0n) is 9.93. The molecule has 7 heteroatoms. The number of rotatable bonds is 8. The van der Waals surface area contributed by atoms with Crippen molar-refractivity contribution in [2.45, 2.75) is 25.8 Å². The number of nitrogens with one attached hydrogen (secondary N) is 1. The van der Waals surface area contributed by atoms with E-state index in [-0.39, 0.29) is 26.3 Å². The van der Waals surface area contributed by atoms with Gasteiger partial charge in [0.2, 0.25) is 0 Å². The summed E-state index contributed by atoms with van der Waals surface area (Å²) >= 11 is 0. The minimum absolute atomic E-state index is 0.0604. The number of carbonyl (C=O) groups is 2. The highest BCUT2D eigenvalue weighted by atomic mass is 16.4. The van der Waals surface area contributed by atoms with Gasteiger partial charge in [-0.2, -0.15) is 0 Å². The molecule has 0 aliphatic carbocycles. The molecule has 4 N–H and O–H groups in total. The van der Waals surface area contributed by atoms with Crippen molar-refractivity contribution in [3.05, 3.63) is 0 Å². The van der Waals surface area contributed by atoms with E-state index in [0.29, 0.717) is 12.8 Å². The highest BCUT2D eigenvalue weighted by Crippen LogP contribution is 1.99. The molecule has 2 amide bonds. The first-order chi connectivity index (χ1) is 8.06. The fourth-order valence-electron chi connectivity index (χ4n) is 1.34. The average Bonchev–Trinajstić information content (AvgIpc) is 2.28. The Morgan fingerprint density at radius 1 is 1.24 bits per heavy atom. The molecule has 0 rings (SSSR count). The maximum Gasteiger partial charge on any atom is 0.326 e. The summed E-state index contributed by atoms with van der Waals surface area (Å²) in [5.74, 6) is -1.09. The summed E-state index contributed by atoms with van der Waals surface area (Å²) in [6, 6.07) is -1.53. The van der Waals surface area contributed by atoms with Crippen molar-refractivity contribution in [2.75, 3.05) is 26.3 Å². The molecule has 0 aliphatic heterocycles. The second kappa shape index (κ2) is 8.77. The molecule has 0 aromatic rings. The van der Waals surface area contributed by atoms with Crippen molar-refractivity contribution in [3.63, 3.8) is 0 Å². The zero-order chi connectivity index (χ0) is 13.3. The number of urea groups is 1. The minimum atomic E-state index is -1.09.